The zero-order chi connectivity index (χ0) is 25.3. The van der Waals surface area contributed by atoms with Gasteiger partial charge < -0.3 is 24.0 Å². The lowest BCUT2D eigenvalue weighted by atomic mass is 10.1. The van der Waals surface area contributed by atoms with E-state index in [2.05, 4.69) is 0 Å². The number of hydrogen-bond donors (Lipinski definition) is 0. The van der Waals surface area contributed by atoms with E-state index >= 15 is 0 Å². The van der Waals surface area contributed by atoms with Crippen molar-refractivity contribution in [2.75, 3.05) is 39.9 Å². The van der Waals surface area contributed by atoms with Gasteiger partial charge in [-0.25, -0.2) is 0 Å². The number of para-hydroxylation sites is 1. The number of carbonyl (C=O) groups is 2. The molecular formula is C28H35ClN2O5. The second-order valence-electron chi connectivity index (χ2n) is 9.45. The van der Waals surface area contributed by atoms with Crippen LogP contribution >= 0.6 is 11.6 Å². The van der Waals surface area contributed by atoms with Gasteiger partial charge in [0.2, 0.25) is 0 Å². The van der Waals surface area contributed by atoms with Gasteiger partial charge >= 0.3 is 0 Å². The number of halogens is 1. The summed E-state index contributed by atoms with van der Waals surface area (Å²) in [5, 5.41) is 0.611. The first-order chi connectivity index (χ1) is 17.5. The first kappa shape index (κ1) is 26.3. The molecule has 4 rings (SSSR count). The van der Waals surface area contributed by atoms with Gasteiger partial charge in [-0.1, -0.05) is 49.4 Å². The van der Waals surface area contributed by atoms with Crippen LogP contribution in [0.2, 0.25) is 5.02 Å². The topological polar surface area (TPSA) is 68.3 Å². The van der Waals surface area contributed by atoms with Crippen molar-refractivity contribution in [1.29, 1.82) is 0 Å². The maximum Gasteiger partial charge on any atom is 0.260 e. The van der Waals surface area contributed by atoms with Crippen LogP contribution in [0.4, 0.5) is 0 Å². The summed E-state index contributed by atoms with van der Waals surface area (Å²) >= 11 is 5.92. The number of benzene rings is 2. The Hall–Kier alpha value is -2.77. The summed E-state index contributed by atoms with van der Waals surface area (Å²) in [6.45, 7) is 2.05. The molecule has 0 saturated carbocycles. The average molecular weight is 515 g/mol. The third-order valence-corrected chi connectivity index (χ3v) is 6.96. The van der Waals surface area contributed by atoms with Gasteiger partial charge in [-0.15, -0.1) is 0 Å². The third-order valence-electron chi connectivity index (χ3n) is 6.71. The molecule has 36 heavy (non-hydrogen) atoms. The molecule has 2 aromatic carbocycles. The highest BCUT2D eigenvalue weighted by Gasteiger charge is 2.38. The molecule has 2 amide bonds. The number of fused-ring (bicyclic) bond motifs is 2. The van der Waals surface area contributed by atoms with Crippen LogP contribution in [0.15, 0.2) is 48.5 Å². The predicted molar refractivity (Wildman–Crippen MR) is 139 cm³/mol. The molecule has 0 aromatic heterocycles. The number of hydrogen-bond acceptors (Lipinski definition) is 5. The molecule has 0 N–H and O–H groups in total. The van der Waals surface area contributed by atoms with Crippen LogP contribution in [-0.2, 0) is 9.53 Å². The predicted octanol–water partition coefficient (Wildman–Crippen LogP) is 4.82. The fourth-order valence-corrected chi connectivity index (χ4v) is 4.72. The summed E-state index contributed by atoms with van der Waals surface area (Å²) in [4.78, 5) is 29.6. The minimum absolute atomic E-state index is 0.0579. The van der Waals surface area contributed by atoms with Crippen molar-refractivity contribution in [2.45, 2.75) is 50.7 Å². The lowest BCUT2D eigenvalue weighted by molar-refractivity contribution is -0.132. The van der Waals surface area contributed by atoms with E-state index in [-0.39, 0.29) is 30.6 Å². The Balaban J connectivity index is 1.46. The van der Waals surface area contributed by atoms with Gasteiger partial charge in [0, 0.05) is 25.2 Å². The van der Waals surface area contributed by atoms with Crippen molar-refractivity contribution in [3.05, 3.63) is 59.1 Å². The number of amides is 2. The van der Waals surface area contributed by atoms with Crippen LogP contribution in [0.5, 0.6) is 11.5 Å². The monoisotopic (exact) mass is 514 g/mol. The van der Waals surface area contributed by atoms with Crippen LogP contribution in [-0.4, -0.2) is 73.7 Å². The molecule has 194 valence electrons. The normalized spacial score (nSPS) is 21.9. The second kappa shape index (κ2) is 13.0. The minimum atomic E-state index is -0.378. The van der Waals surface area contributed by atoms with E-state index < -0.39 is 0 Å². The van der Waals surface area contributed by atoms with Gasteiger partial charge in [0.15, 0.2) is 6.61 Å². The molecule has 1 fully saturated rings. The molecule has 0 radical (unpaired) electrons. The Bertz CT molecular complexity index is 1020. The number of nitrogens with zero attached hydrogens (tertiary/aromatic N) is 2. The molecule has 0 aliphatic carbocycles. The van der Waals surface area contributed by atoms with Crippen LogP contribution in [0.25, 0.3) is 0 Å². The van der Waals surface area contributed by atoms with E-state index in [0.29, 0.717) is 41.8 Å². The molecule has 0 spiro atoms. The molecule has 0 unspecified atom stereocenters. The van der Waals surface area contributed by atoms with Crippen molar-refractivity contribution in [2.24, 2.45) is 0 Å². The number of likely N-dealkylation sites (tertiary alicyclic amines) is 1. The highest BCUT2D eigenvalue weighted by molar-refractivity contribution is 6.30. The largest absolute Gasteiger partial charge is 0.485 e. The molecule has 2 aliphatic rings. The lowest BCUT2D eigenvalue weighted by Crippen LogP contribution is -2.35. The van der Waals surface area contributed by atoms with E-state index in [0.717, 1.165) is 45.1 Å². The Morgan fingerprint density at radius 1 is 0.972 bits per heavy atom. The Morgan fingerprint density at radius 3 is 2.47 bits per heavy atom. The second-order valence-corrected chi connectivity index (χ2v) is 9.89. The Labute approximate surface area is 218 Å². The van der Waals surface area contributed by atoms with Gasteiger partial charge in [0.25, 0.3) is 11.8 Å². The van der Waals surface area contributed by atoms with Crippen LogP contribution in [0, 0.1) is 0 Å². The quantitative estimate of drug-likeness (QED) is 0.587. The summed E-state index contributed by atoms with van der Waals surface area (Å²) < 4.78 is 18.3. The van der Waals surface area contributed by atoms with Crippen molar-refractivity contribution >= 4 is 23.4 Å². The van der Waals surface area contributed by atoms with Crippen molar-refractivity contribution in [3.63, 3.8) is 0 Å². The first-order valence-electron chi connectivity index (χ1n) is 12.8. The fraction of sp³-hybridized carbons (Fsp3) is 0.500. The zero-order valence-electron chi connectivity index (χ0n) is 20.9. The van der Waals surface area contributed by atoms with E-state index in [4.69, 9.17) is 25.8 Å². The molecule has 2 atom stereocenters. The maximum absolute atomic E-state index is 13.2. The van der Waals surface area contributed by atoms with Gasteiger partial charge in [-0.3, -0.25) is 9.59 Å². The molecule has 2 aliphatic heterocycles. The van der Waals surface area contributed by atoms with Gasteiger partial charge in [0.1, 0.15) is 23.7 Å². The van der Waals surface area contributed by atoms with E-state index in [1.165, 1.54) is 0 Å². The highest BCUT2D eigenvalue weighted by atomic mass is 35.5. The fourth-order valence-electron chi connectivity index (χ4n) is 4.60. The molecule has 7 nitrogen and oxygen atoms in total. The Morgan fingerprint density at radius 2 is 1.67 bits per heavy atom. The van der Waals surface area contributed by atoms with Crippen LogP contribution in [0.1, 0.15) is 48.9 Å². The van der Waals surface area contributed by atoms with Gasteiger partial charge in [0.05, 0.1) is 18.7 Å². The molecule has 1 saturated heterocycles. The van der Waals surface area contributed by atoms with Crippen molar-refractivity contribution < 1.29 is 23.8 Å². The van der Waals surface area contributed by atoms with E-state index in [1.54, 1.807) is 40.1 Å². The summed E-state index contributed by atoms with van der Waals surface area (Å²) in [7, 11) is 1.84. The molecule has 2 heterocycles. The maximum atomic E-state index is 13.2. The first-order valence-corrected chi connectivity index (χ1v) is 13.2. The SMILES string of the molecule is CN1CCCCCCCCO[C@@H]2CN(C(=O)COc3ccc(Cl)cc3)C[C@H]2Oc2ccccc2C1=O. The standard InChI is InChI=1S/C28H35ClN2O5/c1-30-16-8-4-2-3-5-9-17-34-25-18-31(27(32)20-35-22-14-12-21(29)13-15-22)19-26(25)36-24-11-7-6-10-23(24)28(30)33/h6-7,10-15,25-26H,2-5,8-9,16-20H2,1H3/t25-,26-/m1/s1. The number of carbonyl (C=O) groups excluding carboxylic acids is 2. The van der Waals surface area contributed by atoms with Crippen LogP contribution < -0.4 is 9.47 Å². The van der Waals surface area contributed by atoms with E-state index in [9.17, 15) is 9.59 Å². The third kappa shape index (κ3) is 7.14. The summed E-state index contributed by atoms with van der Waals surface area (Å²) in [6.07, 6.45) is 5.83. The lowest BCUT2D eigenvalue weighted by Gasteiger charge is -2.24. The summed E-state index contributed by atoms with van der Waals surface area (Å²) in [5.74, 6) is 0.908. The minimum Gasteiger partial charge on any atom is -0.485 e. The number of rotatable bonds is 3. The molecule has 8 heteroatoms. The van der Waals surface area contributed by atoms with Crippen molar-refractivity contribution in [3.8, 4) is 11.5 Å². The molecule has 2 aromatic rings. The highest BCUT2D eigenvalue weighted by Crippen LogP contribution is 2.26. The van der Waals surface area contributed by atoms with Gasteiger partial charge in [-0.2, -0.15) is 0 Å². The van der Waals surface area contributed by atoms with Gasteiger partial charge in [-0.05, 0) is 49.2 Å². The van der Waals surface area contributed by atoms with Crippen molar-refractivity contribution in [1.82, 2.24) is 9.80 Å². The Kier molecular flexibility index (Phi) is 9.47. The molecule has 0 bridgehead atoms. The summed E-state index contributed by atoms with van der Waals surface area (Å²) in [5.41, 5.74) is 0.529. The zero-order valence-corrected chi connectivity index (χ0v) is 21.6. The average Bonchev–Trinajstić information content (AvgIpc) is 3.29. The molecular weight excluding hydrogens is 480 g/mol. The number of ether oxygens (including phenoxy) is 3. The van der Waals surface area contributed by atoms with E-state index in [1.807, 2.05) is 25.2 Å². The smallest absolute Gasteiger partial charge is 0.260 e. The van der Waals surface area contributed by atoms with Crippen LogP contribution in [0.3, 0.4) is 0 Å². The summed E-state index contributed by atoms with van der Waals surface area (Å²) in [6, 6.07) is 14.2.